The van der Waals surface area contributed by atoms with Gasteiger partial charge >= 0.3 is 5.97 Å². The Kier molecular flexibility index (Phi) is 41.8. The molecule has 5 amide bonds. The molecule has 66 heavy (non-hydrogen) atoms. The van der Waals surface area contributed by atoms with Crippen LogP contribution in [-0.2, 0) is 38.4 Å². The predicted molar refractivity (Wildman–Crippen MR) is 250 cm³/mol. The fourth-order valence-corrected chi connectivity index (χ4v) is 6.72. The summed E-state index contributed by atoms with van der Waals surface area (Å²) in [6.07, 6.45) is 14.4. The number of carboxylic acids is 3. The van der Waals surface area contributed by atoms with Crippen molar-refractivity contribution in [3.63, 3.8) is 0 Å². The van der Waals surface area contributed by atoms with Crippen LogP contribution in [0.3, 0.4) is 0 Å². The van der Waals surface area contributed by atoms with Crippen molar-refractivity contribution in [2.75, 3.05) is 26.2 Å². The lowest BCUT2D eigenvalue weighted by molar-refractivity contribution is -0.148. The molecule has 0 aliphatic rings. The number of hydrogen-bond acceptors (Lipinski definition) is 13. The molecule has 0 aliphatic carbocycles. The number of amides is 5. The van der Waals surface area contributed by atoms with Gasteiger partial charge in [0.1, 0.15) is 30.2 Å². The van der Waals surface area contributed by atoms with Gasteiger partial charge in [0.15, 0.2) is 0 Å². The summed E-state index contributed by atoms with van der Waals surface area (Å²) < 4.78 is 0. The van der Waals surface area contributed by atoms with E-state index in [1.54, 1.807) is 6.92 Å². The molecule has 0 aromatic carbocycles. The zero-order chi connectivity index (χ0) is 51.0. The molecule has 21 heteroatoms. The van der Waals surface area contributed by atoms with Crippen LogP contribution in [0, 0.1) is 0 Å². The first-order valence-corrected chi connectivity index (χ1v) is 23.7. The Morgan fingerprint density at radius 2 is 0.985 bits per heavy atom. The maximum atomic E-state index is 14.2. The molecule has 0 saturated heterocycles. The van der Waals surface area contributed by atoms with E-state index in [1.165, 1.54) is 76.5 Å². The third-order valence-corrected chi connectivity index (χ3v) is 10.1. The van der Waals surface area contributed by atoms with E-state index < -0.39 is 90.6 Å². The van der Waals surface area contributed by atoms with E-state index >= 15 is 0 Å². The number of aliphatic hydroxyl groups is 3. The van der Waals surface area contributed by atoms with Crippen molar-refractivity contribution in [2.24, 2.45) is 11.5 Å². The molecule has 0 spiro atoms. The molecule has 7 atom stereocenters. The first-order valence-electron chi connectivity index (χ1n) is 23.7. The van der Waals surface area contributed by atoms with Crippen LogP contribution in [0.4, 0.5) is 0 Å². The average Bonchev–Trinajstić information content (AvgIpc) is 3.23. The maximum absolute atomic E-state index is 14.2. The van der Waals surface area contributed by atoms with E-state index in [4.69, 9.17) is 31.3 Å². The number of unbranched alkanes of at least 4 members (excludes halogenated alkanes) is 13. The van der Waals surface area contributed by atoms with Crippen LogP contribution in [0.25, 0.3) is 0 Å². The van der Waals surface area contributed by atoms with Crippen LogP contribution in [0.5, 0.6) is 0 Å². The molecule has 0 heterocycles. The van der Waals surface area contributed by atoms with E-state index in [9.17, 15) is 49.2 Å². The van der Waals surface area contributed by atoms with Gasteiger partial charge in [-0.1, -0.05) is 90.9 Å². The summed E-state index contributed by atoms with van der Waals surface area (Å²) in [7, 11) is 0. The van der Waals surface area contributed by atoms with Gasteiger partial charge in [0.2, 0.25) is 29.5 Å². The van der Waals surface area contributed by atoms with Gasteiger partial charge in [-0.3, -0.25) is 33.6 Å². The molecule has 0 fully saturated rings. The van der Waals surface area contributed by atoms with Crippen LogP contribution in [0.15, 0.2) is 0 Å². The molecule has 21 nitrogen and oxygen atoms in total. The smallest absolute Gasteiger partial charge is 0.328 e. The molecule has 386 valence electrons. The van der Waals surface area contributed by atoms with E-state index in [0.717, 1.165) is 33.1 Å². The first-order chi connectivity index (χ1) is 31.2. The average molecular weight is 950 g/mol. The Balaban J connectivity index is -0.00000455. The topological polar surface area (TPSA) is 361 Å². The van der Waals surface area contributed by atoms with Crippen LogP contribution < -0.4 is 32.7 Å². The number of nitrogens with two attached hydrogens (primary N) is 2. The molecular weight excluding hydrogens is 863 g/mol. The Morgan fingerprint density at radius 1 is 0.530 bits per heavy atom. The summed E-state index contributed by atoms with van der Waals surface area (Å²) in [5.41, 5.74) is 11.3. The molecule has 0 unspecified atom stereocenters. The highest BCUT2D eigenvalue weighted by atomic mass is 16.4. The summed E-state index contributed by atoms with van der Waals surface area (Å²) in [4.78, 5) is 98.1. The van der Waals surface area contributed by atoms with Gasteiger partial charge in [0, 0.05) is 26.8 Å². The molecule has 0 aromatic rings. The normalized spacial score (nSPS) is 13.9. The Morgan fingerprint density at radius 3 is 1.39 bits per heavy atom. The maximum Gasteiger partial charge on any atom is 0.328 e. The molecular formula is C45H87N7O14. The first kappa shape index (κ1) is 65.8. The standard InChI is InChI=1S/C41H79N7O10.2C2H4O2/c1-5-7-8-9-10-11-12-13-14-15-16-17-18-24-34(52)44-32(22-19-20-25-42)40(56)48(27-6-2)36(30(4)51)39(55)47-35(29(3)50)38(54)45-31(23-21-26-43)37(53)46-33(28-49)41(57)58;2*1-2(3)4/h29-33,35-36,49-51H,5-28,42-43H2,1-4H3,(H,44,52)(H,45,54)(H,46,53)(H,47,55)(H,57,58);2*1H3,(H,3,4)/t29-,30-,31+,32+,33+,35+,36+;;/m1../s1. The van der Waals surface area contributed by atoms with Crippen LogP contribution in [-0.4, -0.2) is 152 Å². The Hall–Kier alpha value is -4.44. The van der Waals surface area contributed by atoms with E-state index in [-0.39, 0.29) is 44.7 Å². The zero-order valence-electron chi connectivity index (χ0n) is 40.6. The summed E-state index contributed by atoms with van der Waals surface area (Å²) in [5.74, 6) is -6.96. The summed E-state index contributed by atoms with van der Waals surface area (Å²) in [6, 6.07) is -7.20. The second-order valence-electron chi connectivity index (χ2n) is 16.5. The zero-order valence-corrected chi connectivity index (χ0v) is 40.6. The number of carbonyl (C=O) groups excluding carboxylic acids is 5. The van der Waals surface area contributed by atoms with E-state index in [0.29, 0.717) is 32.2 Å². The highest BCUT2D eigenvalue weighted by molar-refractivity contribution is 5.96. The van der Waals surface area contributed by atoms with Crippen molar-refractivity contribution in [1.29, 1.82) is 0 Å². The van der Waals surface area contributed by atoms with Crippen molar-refractivity contribution in [2.45, 2.75) is 212 Å². The van der Waals surface area contributed by atoms with Crippen molar-refractivity contribution in [3.8, 4) is 0 Å². The lowest BCUT2D eigenvalue weighted by Gasteiger charge is -2.36. The van der Waals surface area contributed by atoms with Gasteiger partial charge in [0.25, 0.3) is 11.9 Å². The third kappa shape index (κ3) is 34.8. The molecule has 0 saturated carbocycles. The minimum Gasteiger partial charge on any atom is -0.481 e. The molecule has 0 rings (SSSR count). The van der Waals surface area contributed by atoms with Gasteiger partial charge in [0.05, 0.1) is 18.8 Å². The highest BCUT2D eigenvalue weighted by Gasteiger charge is 2.39. The number of nitrogens with one attached hydrogen (secondary N) is 4. The largest absolute Gasteiger partial charge is 0.481 e. The Bertz CT molecular complexity index is 1350. The fourth-order valence-electron chi connectivity index (χ4n) is 6.72. The van der Waals surface area contributed by atoms with Gasteiger partial charge in [-0.05, 0) is 71.9 Å². The molecule has 0 aromatic heterocycles. The number of aliphatic carboxylic acids is 3. The SMILES string of the molecule is CC(=O)O.CC(=O)O.CCCCCCCCCCCCCCCC(=O)N[C@@H](CCCCN)C(=O)N(CCC)[C@H](C(=O)N[C@H](C(=O)N[C@@H](CCCN)C(=O)N[C@@H](CO)C(=O)O)[C@@H](C)O)[C@@H](C)O. The second-order valence-corrected chi connectivity index (χ2v) is 16.5. The van der Waals surface area contributed by atoms with Gasteiger partial charge in [-0.2, -0.15) is 0 Å². The van der Waals surface area contributed by atoms with Crippen molar-refractivity contribution in [1.82, 2.24) is 26.2 Å². The molecule has 0 bridgehead atoms. The minimum absolute atomic E-state index is 0.0203. The van der Waals surface area contributed by atoms with Crippen molar-refractivity contribution < 1.29 is 69.0 Å². The number of hydrogen-bond donors (Lipinski definition) is 12. The third-order valence-electron chi connectivity index (χ3n) is 10.1. The second kappa shape index (κ2) is 42.0. The Labute approximate surface area is 392 Å². The van der Waals surface area contributed by atoms with Gasteiger partial charge < -0.3 is 68.3 Å². The quantitative estimate of drug-likeness (QED) is 0.0399. The van der Waals surface area contributed by atoms with Gasteiger partial charge in [-0.25, -0.2) is 4.79 Å². The van der Waals surface area contributed by atoms with Crippen molar-refractivity contribution >= 4 is 47.4 Å². The van der Waals surface area contributed by atoms with E-state index in [1.807, 2.05) is 0 Å². The molecule has 0 radical (unpaired) electrons. The number of aliphatic hydroxyl groups excluding tert-OH is 3. The van der Waals surface area contributed by atoms with Crippen molar-refractivity contribution in [3.05, 3.63) is 0 Å². The molecule has 0 aliphatic heterocycles. The summed E-state index contributed by atoms with van der Waals surface area (Å²) in [6.45, 7) is 8.31. The summed E-state index contributed by atoms with van der Waals surface area (Å²) >= 11 is 0. The lowest BCUT2D eigenvalue weighted by Crippen LogP contribution is -2.63. The van der Waals surface area contributed by atoms with Crippen LogP contribution in [0.2, 0.25) is 0 Å². The lowest BCUT2D eigenvalue weighted by atomic mass is 10.0. The predicted octanol–water partition coefficient (Wildman–Crippen LogP) is 1.90. The summed E-state index contributed by atoms with van der Waals surface area (Å²) in [5, 5.41) is 64.7. The van der Waals surface area contributed by atoms with Gasteiger partial charge in [-0.15, -0.1) is 0 Å². The van der Waals surface area contributed by atoms with Crippen LogP contribution >= 0.6 is 0 Å². The monoisotopic (exact) mass is 950 g/mol. The number of nitrogens with zero attached hydrogens (tertiary/aromatic N) is 1. The number of carboxylic acid groups (broad SMARTS) is 3. The van der Waals surface area contributed by atoms with E-state index in [2.05, 4.69) is 28.2 Å². The fraction of sp³-hybridized carbons (Fsp3) is 0.822. The van der Waals surface area contributed by atoms with Crippen LogP contribution in [0.1, 0.15) is 170 Å². The highest BCUT2D eigenvalue weighted by Crippen LogP contribution is 2.16. The minimum atomic E-state index is -1.67. The number of carbonyl (C=O) groups is 8. The molecule has 14 N–H and O–H groups in total. The number of rotatable bonds is 36.